The van der Waals surface area contributed by atoms with Crippen molar-refractivity contribution in [1.29, 1.82) is 0 Å². The van der Waals surface area contributed by atoms with Crippen molar-refractivity contribution in [1.82, 2.24) is 4.98 Å². The van der Waals surface area contributed by atoms with Crippen molar-refractivity contribution in [2.45, 2.75) is 19.8 Å². The number of aryl methyl sites for hydroxylation is 2. The Hall–Kier alpha value is -1.39. The van der Waals surface area contributed by atoms with Crippen LogP contribution in [0.15, 0.2) is 29.6 Å². The summed E-state index contributed by atoms with van der Waals surface area (Å²) in [6.07, 6.45) is 2.06. The number of rotatable bonds is 5. The van der Waals surface area contributed by atoms with Gasteiger partial charge in [0.1, 0.15) is 0 Å². The molecule has 2 rings (SSSR count). The summed E-state index contributed by atoms with van der Waals surface area (Å²) in [5.41, 5.74) is 8.97. The summed E-state index contributed by atoms with van der Waals surface area (Å²) in [7, 11) is 0. The van der Waals surface area contributed by atoms with Gasteiger partial charge in [0, 0.05) is 11.1 Å². The van der Waals surface area contributed by atoms with E-state index in [4.69, 9.17) is 5.73 Å². The molecule has 0 fully saturated rings. The lowest BCUT2D eigenvalue weighted by Gasteiger charge is -2.05. The summed E-state index contributed by atoms with van der Waals surface area (Å²) in [5.74, 6) is 0. The molecule has 1 heterocycles. The second-order valence-electron chi connectivity index (χ2n) is 4.01. The molecule has 17 heavy (non-hydrogen) atoms. The molecule has 1 aromatic carbocycles. The van der Waals surface area contributed by atoms with Gasteiger partial charge in [0.2, 0.25) is 0 Å². The van der Waals surface area contributed by atoms with E-state index < -0.39 is 0 Å². The number of anilines is 2. The average Bonchev–Trinajstić information content (AvgIpc) is 2.73. The molecular formula is C13H17N3S. The van der Waals surface area contributed by atoms with Gasteiger partial charge >= 0.3 is 0 Å². The normalized spacial score (nSPS) is 10.5. The fourth-order valence-electron chi connectivity index (χ4n) is 1.65. The monoisotopic (exact) mass is 247 g/mol. The molecular weight excluding hydrogens is 230 g/mol. The fourth-order valence-corrected chi connectivity index (χ4v) is 2.35. The SMILES string of the molecule is Cc1csc(Nc2cccc(CCCN)c2)n1. The van der Waals surface area contributed by atoms with Crippen molar-refractivity contribution in [3.63, 3.8) is 0 Å². The molecule has 0 bridgehead atoms. The molecule has 0 saturated carbocycles. The smallest absolute Gasteiger partial charge is 0.187 e. The van der Waals surface area contributed by atoms with Crippen LogP contribution in [-0.4, -0.2) is 11.5 Å². The average molecular weight is 247 g/mol. The standard InChI is InChI=1S/C13H17N3S/c1-10-9-17-13(15-10)16-12-6-2-4-11(8-12)5-3-7-14/h2,4,6,8-9H,3,5,7,14H2,1H3,(H,15,16). The first-order valence-electron chi connectivity index (χ1n) is 5.76. The number of benzene rings is 1. The van der Waals surface area contributed by atoms with E-state index in [0.717, 1.165) is 35.9 Å². The molecule has 2 aromatic rings. The van der Waals surface area contributed by atoms with Crippen LogP contribution in [-0.2, 0) is 6.42 Å². The van der Waals surface area contributed by atoms with Crippen molar-refractivity contribution >= 4 is 22.2 Å². The second-order valence-corrected chi connectivity index (χ2v) is 4.87. The van der Waals surface area contributed by atoms with Gasteiger partial charge in [0.05, 0.1) is 5.69 Å². The lowest BCUT2D eigenvalue weighted by Crippen LogP contribution is -2.00. The maximum absolute atomic E-state index is 5.52. The molecule has 0 amide bonds. The number of hydrogen-bond acceptors (Lipinski definition) is 4. The minimum absolute atomic E-state index is 0.739. The number of nitrogens with one attached hydrogen (secondary N) is 1. The van der Waals surface area contributed by atoms with Gasteiger partial charge in [-0.05, 0) is 44.0 Å². The van der Waals surface area contributed by atoms with Crippen LogP contribution in [0.1, 0.15) is 17.7 Å². The molecule has 0 unspecified atom stereocenters. The Morgan fingerprint density at radius 1 is 1.41 bits per heavy atom. The highest BCUT2D eigenvalue weighted by Crippen LogP contribution is 2.21. The van der Waals surface area contributed by atoms with E-state index in [1.165, 1.54) is 5.56 Å². The van der Waals surface area contributed by atoms with Gasteiger partial charge in [0.15, 0.2) is 5.13 Å². The Morgan fingerprint density at radius 3 is 3.00 bits per heavy atom. The molecule has 90 valence electrons. The largest absolute Gasteiger partial charge is 0.332 e. The molecule has 0 aliphatic rings. The van der Waals surface area contributed by atoms with Gasteiger partial charge in [0.25, 0.3) is 0 Å². The van der Waals surface area contributed by atoms with Crippen LogP contribution in [0.2, 0.25) is 0 Å². The fraction of sp³-hybridized carbons (Fsp3) is 0.308. The third-order valence-electron chi connectivity index (χ3n) is 2.47. The maximum atomic E-state index is 5.52. The van der Waals surface area contributed by atoms with E-state index in [1.54, 1.807) is 11.3 Å². The molecule has 1 aromatic heterocycles. The quantitative estimate of drug-likeness (QED) is 0.853. The summed E-state index contributed by atoms with van der Waals surface area (Å²) in [6, 6.07) is 8.41. The van der Waals surface area contributed by atoms with E-state index in [9.17, 15) is 0 Å². The Labute approximate surface area is 106 Å². The number of hydrogen-bond donors (Lipinski definition) is 2. The predicted molar refractivity (Wildman–Crippen MR) is 74.0 cm³/mol. The number of nitrogens with zero attached hydrogens (tertiary/aromatic N) is 1. The summed E-state index contributed by atoms with van der Waals surface area (Å²) in [4.78, 5) is 4.39. The Kier molecular flexibility index (Phi) is 4.12. The predicted octanol–water partition coefficient (Wildman–Crippen LogP) is 3.09. The lowest BCUT2D eigenvalue weighted by atomic mass is 10.1. The highest BCUT2D eigenvalue weighted by molar-refractivity contribution is 7.13. The van der Waals surface area contributed by atoms with Crippen molar-refractivity contribution in [3.8, 4) is 0 Å². The number of aromatic nitrogens is 1. The maximum Gasteiger partial charge on any atom is 0.187 e. The van der Waals surface area contributed by atoms with E-state index >= 15 is 0 Å². The van der Waals surface area contributed by atoms with E-state index in [0.29, 0.717) is 0 Å². The van der Waals surface area contributed by atoms with Gasteiger partial charge in [-0.15, -0.1) is 11.3 Å². The molecule has 3 N–H and O–H groups in total. The summed E-state index contributed by atoms with van der Waals surface area (Å²) in [6.45, 7) is 2.74. The zero-order valence-corrected chi connectivity index (χ0v) is 10.8. The van der Waals surface area contributed by atoms with Crippen LogP contribution in [0.3, 0.4) is 0 Å². The van der Waals surface area contributed by atoms with Gasteiger partial charge in [-0.25, -0.2) is 4.98 Å². The third-order valence-corrected chi connectivity index (χ3v) is 3.34. The van der Waals surface area contributed by atoms with E-state index in [-0.39, 0.29) is 0 Å². The summed E-state index contributed by atoms with van der Waals surface area (Å²) in [5, 5.41) is 6.30. The molecule has 0 atom stereocenters. The summed E-state index contributed by atoms with van der Waals surface area (Å²) >= 11 is 1.63. The van der Waals surface area contributed by atoms with Crippen LogP contribution in [0.25, 0.3) is 0 Å². The third kappa shape index (κ3) is 3.54. The first kappa shape index (κ1) is 12.1. The molecule has 0 aliphatic carbocycles. The van der Waals surface area contributed by atoms with Gasteiger partial charge in [-0.2, -0.15) is 0 Å². The van der Waals surface area contributed by atoms with Crippen LogP contribution >= 0.6 is 11.3 Å². The zero-order valence-electron chi connectivity index (χ0n) is 9.94. The highest BCUT2D eigenvalue weighted by atomic mass is 32.1. The van der Waals surface area contributed by atoms with Crippen LogP contribution in [0.4, 0.5) is 10.8 Å². The minimum atomic E-state index is 0.739. The molecule has 0 saturated heterocycles. The first-order valence-corrected chi connectivity index (χ1v) is 6.64. The van der Waals surface area contributed by atoms with E-state index in [1.807, 2.05) is 12.3 Å². The molecule has 0 spiro atoms. The lowest BCUT2D eigenvalue weighted by molar-refractivity contribution is 0.833. The molecule has 0 radical (unpaired) electrons. The minimum Gasteiger partial charge on any atom is -0.332 e. The Morgan fingerprint density at radius 2 is 2.29 bits per heavy atom. The van der Waals surface area contributed by atoms with Crippen LogP contribution in [0.5, 0.6) is 0 Å². The van der Waals surface area contributed by atoms with Crippen LogP contribution in [0, 0.1) is 6.92 Å². The van der Waals surface area contributed by atoms with Crippen molar-refractivity contribution < 1.29 is 0 Å². The van der Waals surface area contributed by atoms with Gasteiger partial charge in [-0.3, -0.25) is 0 Å². The van der Waals surface area contributed by atoms with Crippen molar-refractivity contribution in [2.24, 2.45) is 5.73 Å². The van der Waals surface area contributed by atoms with Gasteiger partial charge in [-0.1, -0.05) is 12.1 Å². The van der Waals surface area contributed by atoms with Gasteiger partial charge < -0.3 is 11.1 Å². The van der Waals surface area contributed by atoms with Crippen molar-refractivity contribution in [3.05, 3.63) is 40.9 Å². The number of thiazole rings is 1. The zero-order chi connectivity index (χ0) is 12.1. The Balaban J connectivity index is 2.05. The Bertz CT molecular complexity index is 479. The van der Waals surface area contributed by atoms with E-state index in [2.05, 4.69) is 34.6 Å². The number of nitrogens with two attached hydrogens (primary N) is 1. The topological polar surface area (TPSA) is 50.9 Å². The molecule has 0 aliphatic heterocycles. The highest BCUT2D eigenvalue weighted by Gasteiger charge is 2.00. The first-order chi connectivity index (χ1) is 8.28. The molecule has 4 heteroatoms. The van der Waals surface area contributed by atoms with Crippen LogP contribution < -0.4 is 11.1 Å². The second kappa shape index (κ2) is 5.80. The molecule has 3 nitrogen and oxygen atoms in total. The summed E-state index contributed by atoms with van der Waals surface area (Å²) < 4.78 is 0. The van der Waals surface area contributed by atoms with Crippen molar-refractivity contribution in [2.75, 3.05) is 11.9 Å².